The smallest absolute Gasteiger partial charge is 0.328 e. The van der Waals surface area contributed by atoms with Crippen LogP contribution in [-0.2, 0) is 11.3 Å². The summed E-state index contributed by atoms with van der Waals surface area (Å²) in [5.41, 5.74) is 0.207. The highest BCUT2D eigenvalue weighted by molar-refractivity contribution is 6.30. The van der Waals surface area contributed by atoms with E-state index in [1.54, 1.807) is 18.2 Å². The number of ether oxygens (including phenoxy) is 1. The van der Waals surface area contributed by atoms with Crippen molar-refractivity contribution < 1.29 is 9.13 Å². The molecule has 0 saturated carbocycles. The summed E-state index contributed by atoms with van der Waals surface area (Å²) in [5, 5.41) is 3.26. The Morgan fingerprint density at radius 2 is 2.14 bits per heavy atom. The van der Waals surface area contributed by atoms with Crippen LogP contribution in [0.15, 0.2) is 46.1 Å². The Labute approximate surface area is 176 Å². The van der Waals surface area contributed by atoms with Crippen LogP contribution in [0.5, 0.6) is 0 Å². The zero-order chi connectivity index (χ0) is 19.7. The number of pyridine rings is 1. The molecule has 0 bridgehead atoms. The van der Waals surface area contributed by atoms with Crippen molar-refractivity contribution in [1.29, 1.82) is 0 Å². The molecule has 1 aliphatic heterocycles. The monoisotopic (exact) mass is 440 g/mol. The predicted molar refractivity (Wildman–Crippen MR) is 110 cm³/mol. The summed E-state index contributed by atoms with van der Waals surface area (Å²) < 4.78 is 21.0. The van der Waals surface area contributed by atoms with Gasteiger partial charge in [-0.15, -0.1) is 12.4 Å². The van der Waals surface area contributed by atoms with E-state index in [9.17, 15) is 14.0 Å². The van der Waals surface area contributed by atoms with E-state index >= 15 is 0 Å². The van der Waals surface area contributed by atoms with Gasteiger partial charge >= 0.3 is 5.69 Å². The predicted octanol–water partition coefficient (Wildman–Crippen LogP) is 2.28. The van der Waals surface area contributed by atoms with Gasteiger partial charge < -0.3 is 15.0 Å². The summed E-state index contributed by atoms with van der Waals surface area (Å²) in [6, 6.07) is 7.79. The highest BCUT2D eigenvalue weighted by Crippen LogP contribution is 2.30. The Bertz CT molecular complexity index is 1130. The van der Waals surface area contributed by atoms with E-state index in [4.69, 9.17) is 16.3 Å². The molecule has 29 heavy (non-hydrogen) atoms. The maximum Gasteiger partial charge on any atom is 0.328 e. The van der Waals surface area contributed by atoms with Gasteiger partial charge in [-0.2, -0.15) is 0 Å². The molecule has 1 aliphatic rings. The molecule has 2 atom stereocenters. The SMILES string of the molecule is Cl.O=c1[nH]c2cccnc2c(=O)n1C[C@@H]1CNCCO[C@H]1c1ccc(Cl)c(F)c1. The second-order valence-corrected chi connectivity index (χ2v) is 7.08. The van der Waals surface area contributed by atoms with Crippen LogP contribution < -0.4 is 16.6 Å². The molecule has 0 aliphatic carbocycles. The van der Waals surface area contributed by atoms with Crippen molar-refractivity contribution in [3.8, 4) is 0 Å². The third-order valence-corrected chi connectivity index (χ3v) is 5.15. The van der Waals surface area contributed by atoms with Crippen LogP contribution in [0.2, 0.25) is 5.02 Å². The Balaban J connectivity index is 0.00000240. The van der Waals surface area contributed by atoms with Crippen molar-refractivity contribution >= 4 is 35.0 Å². The average Bonchev–Trinajstić information content (AvgIpc) is 2.93. The minimum absolute atomic E-state index is 0. The molecule has 0 radical (unpaired) electrons. The highest BCUT2D eigenvalue weighted by atomic mass is 35.5. The number of rotatable bonds is 3. The van der Waals surface area contributed by atoms with Crippen LogP contribution in [0, 0.1) is 11.7 Å². The summed E-state index contributed by atoms with van der Waals surface area (Å²) in [6.07, 6.45) is 1.01. The summed E-state index contributed by atoms with van der Waals surface area (Å²) in [5.74, 6) is -0.813. The molecule has 3 aromatic rings. The van der Waals surface area contributed by atoms with Gasteiger partial charge in [-0.1, -0.05) is 17.7 Å². The number of aromatic nitrogens is 3. The van der Waals surface area contributed by atoms with Crippen molar-refractivity contribution in [2.24, 2.45) is 5.92 Å². The number of halogens is 3. The molecule has 4 rings (SSSR count). The van der Waals surface area contributed by atoms with Gasteiger partial charge in [0.25, 0.3) is 5.56 Å². The van der Waals surface area contributed by atoms with E-state index in [-0.39, 0.29) is 35.4 Å². The molecule has 0 spiro atoms. The van der Waals surface area contributed by atoms with Crippen molar-refractivity contribution in [3.05, 3.63) is 73.8 Å². The van der Waals surface area contributed by atoms with Crippen LogP contribution in [0.1, 0.15) is 11.7 Å². The molecule has 1 aromatic carbocycles. The lowest BCUT2D eigenvalue weighted by Crippen LogP contribution is -2.40. The zero-order valence-electron chi connectivity index (χ0n) is 15.2. The fraction of sp³-hybridized carbons (Fsp3) is 0.316. The van der Waals surface area contributed by atoms with Gasteiger partial charge in [0.15, 0.2) is 5.52 Å². The first-order valence-corrected chi connectivity index (χ1v) is 9.27. The zero-order valence-corrected chi connectivity index (χ0v) is 16.8. The fourth-order valence-corrected chi connectivity index (χ4v) is 3.60. The summed E-state index contributed by atoms with van der Waals surface area (Å²) >= 11 is 5.79. The van der Waals surface area contributed by atoms with E-state index < -0.39 is 23.2 Å². The number of nitrogens with one attached hydrogen (secondary N) is 2. The fourth-order valence-electron chi connectivity index (χ4n) is 3.49. The first-order chi connectivity index (χ1) is 13.5. The quantitative estimate of drug-likeness (QED) is 0.651. The van der Waals surface area contributed by atoms with Crippen molar-refractivity contribution in [2.75, 3.05) is 19.7 Å². The van der Waals surface area contributed by atoms with E-state index in [2.05, 4.69) is 15.3 Å². The molecule has 2 aromatic heterocycles. The molecule has 1 saturated heterocycles. The molecule has 7 nitrogen and oxygen atoms in total. The Hall–Kier alpha value is -2.26. The van der Waals surface area contributed by atoms with E-state index in [1.165, 1.54) is 18.3 Å². The van der Waals surface area contributed by atoms with Crippen molar-refractivity contribution in [1.82, 2.24) is 19.9 Å². The van der Waals surface area contributed by atoms with Gasteiger partial charge in [0.1, 0.15) is 5.82 Å². The van der Waals surface area contributed by atoms with Gasteiger partial charge in [-0.05, 0) is 29.8 Å². The lowest BCUT2D eigenvalue weighted by atomic mass is 9.95. The van der Waals surface area contributed by atoms with Crippen LogP contribution in [0.3, 0.4) is 0 Å². The standard InChI is InChI=1S/C19H18ClFN4O3.ClH/c20-13-4-3-11(8-14(13)21)17-12(9-22-6-7-28-17)10-25-18(26)16-15(24-19(25)27)2-1-5-23-16;/h1-5,8,12,17,22H,6-7,9-10H2,(H,24,27);1H/t12-,17-;/m0./s1. The number of hydrogen-bond donors (Lipinski definition) is 2. The molecule has 10 heteroatoms. The van der Waals surface area contributed by atoms with Gasteiger partial charge in [0, 0.05) is 31.7 Å². The average molecular weight is 441 g/mol. The second kappa shape index (κ2) is 9.04. The van der Waals surface area contributed by atoms with E-state index in [0.717, 1.165) is 4.57 Å². The van der Waals surface area contributed by atoms with Crippen molar-refractivity contribution in [3.63, 3.8) is 0 Å². The lowest BCUT2D eigenvalue weighted by Gasteiger charge is -2.25. The number of H-pyrrole nitrogens is 1. The van der Waals surface area contributed by atoms with Crippen molar-refractivity contribution in [2.45, 2.75) is 12.6 Å². The highest BCUT2D eigenvalue weighted by Gasteiger charge is 2.28. The largest absolute Gasteiger partial charge is 0.372 e. The molecule has 3 heterocycles. The van der Waals surface area contributed by atoms with Crippen LogP contribution >= 0.6 is 24.0 Å². The maximum absolute atomic E-state index is 14.0. The van der Waals surface area contributed by atoms with Crippen LogP contribution in [0.25, 0.3) is 11.0 Å². The second-order valence-electron chi connectivity index (χ2n) is 6.67. The summed E-state index contributed by atoms with van der Waals surface area (Å²) in [7, 11) is 0. The number of hydrogen-bond acceptors (Lipinski definition) is 5. The van der Waals surface area contributed by atoms with Gasteiger partial charge in [-0.25, -0.2) is 14.2 Å². The first-order valence-electron chi connectivity index (χ1n) is 8.89. The normalized spacial score (nSPS) is 19.5. The molecule has 154 valence electrons. The van der Waals surface area contributed by atoms with E-state index in [0.29, 0.717) is 30.8 Å². The van der Waals surface area contributed by atoms with Crippen LogP contribution in [-0.4, -0.2) is 34.2 Å². The molecule has 1 fully saturated rings. The van der Waals surface area contributed by atoms with Gasteiger partial charge in [0.2, 0.25) is 0 Å². The minimum atomic E-state index is -0.538. The molecule has 0 unspecified atom stereocenters. The topological polar surface area (TPSA) is 89.0 Å². The Kier molecular flexibility index (Phi) is 6.69. The molecule has 0 amide bonds. The number of nitrogens with zero attached hydrogens (tertiary/aromatic N) is 2. The number of fused-ring (bicyclic) bond motifs is 1. The first kappa shape index (κ1) is 21.4. The Morgan fingerprint density at radius 1 is 1.31 bits per heavy atom. The third kappa shape index (κ3) is 4.35. The molecule has 2 N–H and O–H groups in total. The summed E-state index contributed by atoms with van der Waals surface area (Å²) in [6.45, 7) is 1.65. The number of aromatic amines is 1. The minimum Gasteiger partial charge on any atom is -0.372 e. The third-order valence-electron chi connectivity index (χ3n) is 4.84. The number of benzene rings is 1. The molecular formula is C19H19Cl2FN4O3. The lowest BCUT2D eigenvalue weighted by molar-refractivity contribution is 0.0245. The van der Waals surface area contributed by atoms with Gasteiger partial charge in [-0.3, -0.25) is 9.36 Å². The Morgan fingerprint density at radius 3 is 2.93 bits per heavy atom. The summed E-state index contributed by atoms with van der Waals surface area (Å²) in [4.78, 5) is 32.0. The maximum atomic E-state index is 14.0. The van der Waals surface area contributed by atoms with E-state index in [1.807, 2.05) is 0 Å². The van der Waals surface area contributed by atoms with Gasteiger partial charge in [0.05, 0.1) is 23.3 Å². The van der Waals surface area contributed by atoms with Crippen LogP contribution in [0.4, 0.5) is 4.39 Å². The molecular weight excluding hydrogens is 422 g/mol.